The predicted molar refractivity (Wildman–Crippen MR) is 71.8 cm³/mol. The van der Waals surface area contributed by atoms with E-state index >= 15 is 0 Å². The van der Waals surface area contributed by atoms with E-state index < -0.39 is 0 Å². The lowest BCUT2D eigenvalue weighted by Gasteiger charge is -2.38. The van der Waals surface area contributed by atoms with Crippen molar-refractivity contribution in [1.82, 2.24) is 5.32 Å². The molecule has 17 heavy (non-hydrogen) atoms. The van der Waals surface area contributed by atoms with Crippen molar-refractivity contribution in [3.63, 3.8) is 0 Å². The quantitative estimate of drug-likeness (QED) is 0.862. The van der Waals surface area contributed by atoms with Crippen LogP contribution in [-0.4, -0.2) is 39.4 Å². The van der Waals surface area contributed by atoms with Crippen LogP contribution in [0.25, 0.3) is 0 Å². The molecule has 94 valence electrons. The van der Waals surface area contributed by atoms with E-state index in [1.54, 1.807) is 0 Å². The molecule has 0 amide bonds. The largest absolute Gasteiger partial charge is 0.377 e. The van der Waals surface area contributed by atoms with Crippen LogP contribution in [0.4, 0.5) is 5.69 Å². The van der Waals surface area contributed by atoms with Crippen LogP contribution in [0.5, 0.6) is 0 Å². The second-order valence-corrected chi connectivity index (χ2v) is 4.77. The summed E-state index contributed by atoms with van der Waals surface area (Å²) < 4.78 is 5.57. The van der Waals surface area contributed by atoms with E-state index in [-0.39, 0.29) is 0 Å². The van der Waals surface area contributed by atoms with Gasteiger partial charge in [0.25, 0.3) is 0 Å². The second-order valence-electron chi connectivity index (χ2n) is 4.77. The van der Waals surface area contributed by atoms with Crippen LogP contribution in [0.3, 0.4) is 0 Å². The lowest BCUT2D eigenvalue weighted by molar-refractivity contribution is 0.0943. The number of morpholine rings is 1. The first kappa shape index (κ1) is 12.4. The Bertz CT molecular complexity index is 376. The van der Waals surface area contributed by atoms with Crippen molar-refractivity contribution in [2.75, 3.05) is 38.3 Å². The lowest BCUT2D eigenvalue weighted by Crippen LogP contribution is -2.50. The Morgan fingerprint density at radius 2 is 2.24 bits per heavy atom. The number of likely N-dealkylation sites (N-methyl/N-ethyl adjacent to an activating group) is 1. The molecular weight excluding hydrogens is 212 g/mol. The summed E-state index contributed by atoms with van der Waals surface area (Å²) in [4.78, 5) is 2.47. The van der Waals surface area contributed by atoms with Gasteiger partial charge in [0, 0.05) is 18.8 Å². The van der Waals surface area contributed by atoms with Gasteiger partial charge in [0.1, 0.15) is 0 Å². The zero-order valence-electron chi connectivity index (χ0n) is 11.0. The second kappa shape index (κ2) is 5.52. The zero-order chi connectivity index (χ0) is 12.3. The van der Waals surface area contributed by atoms with Gasteiger partial charge in [-0.25, -0.2) is 0 Å². The van der Waals surface area contributed by atoms with Gasteiger partial charge in [0.05, 0.1) is 19.3 Å². The molecule has 0 saturated carbocycles. The molecule has 1 aromatic rings. The van der Waals surface area contributed by atoms with E-state index in [2.05, 4.69) is 42.3 Å². The molecule has 2 rings (SSSR count). The summed E-state index contributed by atoms with van der Waals surface area (Å²) >= 11 is 0. The summed E-state index contributed by atoms with van der Waals surface area (Å²) in [5, 5.41) is 3.25. The minimum Gasteiger partial charge on any atom is -0.377 e. The molecular formula is C14H22N2O. The minimum atomic E-state index is 0.440. The van der Waals surface area contributed by atoms with Gasteiger partial charge in [-0.2, -0.15) is 0 Å². The van der Waals surface area contributed by atoms with Crippen molar-refractivity contribution >= 4 is 5.69 Å². The van der Waals surface area contributed by atoms with Crippen molar-refractivity contribution < 1.29 is 4.74 Å². The van der Waals surface area contributed by atoms with Crippen LogP contribution < -0.4 is 10.2 Å². The first-order chi connectivity index (χ1) is 8.22. The fourth-order valence-corrected chi connectivity index (χ4v) is 2.50. The fraction of sp³-hybridized carbons (Fsp3) is 0.571. The maximum atomic E-state index is 5.57. The molecule has 1 aliphatic rings. The minimum absolute atomic E-state index is 0.440. The molecule has 0 radical (unpaired) electrons. The highest BCUT2D eigenvalue weighted by atomic mass is 16.5. The molecule has 1 heterocycles. The first-order valence-electron chi connectivity index (χ1n) is 6.28. The molecule has 0 spiro atoms. The third-order valence-corrected chi connectivity index (χ3v) is 3.33. The van der Waals surface area contributed by atoms with Crippen LogP contribution in [-0.2, 0) is 4.74 Å². The standard InChI is InChI=1S/C14H22N2O/c1-11-4-5-14(12(2)8-11)16-6-7-17-10-13(16)9-15-3/h4-5,8,13,15H,6-7,9-10H2,1-3H3. The van der Waals surface area contributed by atoms with Gasteiger partial charge in [-0.15, -0.1) is 0 Å². The van der Waals surface area contributed by atoms with Gasteiger partial charge in [-0.05, 0) is 32.5 Å². The first-order valence-corrected chi connectivity index (χ1v) is 6.28. The maximum Gasteiger partial charge on any atom is 0.0683 e. The Morgan fingerprint density at radius 1 is 1.41 bits per heavy atom. The van der Waals surface area contributed by atoms with Crippen molar-refractivity contribution in [3.05, 3.63) is 29.3 Å². The third kappa shape index (κ3) is 2.79. The number of aryl methyl sites for hydroxylation is 2. The highest BCUT2D eigenvalue weighted by molar-refractivity contribution is 5.55. The Hall–Kier alpha value is -1.06. The van der Waals surface area contributed by atoms with E-state index in [1.807, 2.05) is 7.05 Å². The SMILES string of the molecule is CNCC1COCCN1c1ccc(C)cc1C. The highest BCUT2D eigenvalue weighted by Gasteiger charge is 2.23. The number of nitrogens with one attached hydrogen (secondary N) is 1. The Labute approximate surface area is 104 Å². The smallest absolute Gasteiger partial charge is 0.0683 e. The average Bonchev–Trinajstić information content (AvgIpc) is 2.31. The molecule has 1 saturated heterocycles. The Kier molecular flexibility index (Phi) is 4.02. The average molecular weight is 234 g/mol. The van der Waals surface area contributed by atoms with Gasteiger partial charge in [0.15, 0.2) is 0 Å². The summed E-state index contributed by atoms with van der Waals surface area (Å²) in [5.74, 6) is 0. The predicted octanol–water partition coefficient (Wildman–Crippen LogP) is 1.73. The van der Waals surface area contributed by atoms with Gasteiger partial charge in [-0.1, -0.05) is 17.7 Å². The molecule has 0 aromatic heterocycles. The molecule has 3 heteroatoms. The molecule has 1 N–H and O–H groups in total. The molecule has 1 aromatic carbocycles. The van der Waals surface area contributed by atoms with E-state index in [1.165, 1.54) is 16.8 Å². The summed E-state index contributed by atoms with van der Waals surface area (Å²) in [5.41, 5.74) is 4.02. The summed E-state index contributed by atoms with van der Waals surface area (Å²) in [6.45, 7) is 7.92. The summed E-state index contributed by atoms with van der Waals surface area (Å²) in [6, 6.07) is 7.11. The number of nitrogens with zero attached hydrogens (tertiary/aromatic N) is 1. The maximum absolute atomic E-state index is 5.57. The number of hydrogen-bond donors (Lipinski definition) is 1. The number of anilines is 1. The fourth-order valence-electron chi connectivity index (χ4n) is 2.50. The molecule has 1 unspecified atom stereocenters. The Balaban J connectivity index is 2.23. The number of hydrogen-bond acceptors (Lipinski definition) is 3. The van der Waals surface area contributed by atoms with E-state index in [4.69, 9.17) is 4.74 Å². The van der Waals surface area contributed by atoms with Gasteiger partial charge in [0.2, 0.25) is 0 Å². The summed E-state index contributed by atoms with van der Waals surface area (Å²) in [7, 11) is 1.99. The van der Waals surface area contributed by atoms with Crippen molar-refractivity contribution in [3.8, 4) is 0 Å². The van der Waals surface area contributed by atoms with Gasteiger partial charge < -0.3 is 15.0 Å². The summed E-state index contributed by atoms with van der Waals surface area (Å²) in [6.07, 6.45) is 0. The third-order valence-electron chi connectivity index (χ3n) is 3.33. The van der Waals surface area contributed by atoms with Crippen molar-refractivity contribution in [1.29, 1.82) is 0 Å². The number of rotatable bonds is 3. The van der Waals surface area contributed by atoms with E-state index in [0.29, 0.717) is 6.04 Å². The van der Waals surface area contributed by atoms with Crippen molar-refractivity contribution in [2.24, 2.45) is 0 Å². The van der Waals surface area contributed by atoms with E-state index in [9.17, 15) is 0 Å². The van der Waals surface area contributed by atoms with Crippen LogP contribution in [0.2, 0.25) is 0 Å². The van der Waals surface area contributed by atoms with E-state index in [0.717, 1.165) is 26.3 Å². The van der Waals surface area contributed by atoms with Crippen LogP contribution in [0, 0.1) is 13.8 Å². The normalized spacial score (nSPS) is 20.6. The lowest BCUT2D eigenvalue weighted by atomic mass is 10.1. The van der Waals surface area contributed by atoms with Crippen LogP contribution in [0.15, 0.2) is 18.2 Å². The molecule has 3 nitrogen and oxygen atoms in total. The number of benzene rings is 1. The zero-order valence-corrected chi connectivity index (χ0v) is 11.0. The molecule has 1 aliphatic heterocycles. The van der Waals surface area contributed by atoms with Gasteiger partial charge in [-0.3, -0.25) is 0 Å². The highest BCUT2D eigenvalue weighted by Crippen LogP contribution is 2.24. The van der Waals surface area contributed by atoms with Crippen LogP contribution in [0.1, 0.15) is 11.1 Å². The molecule has 1 atom stereocenters. The van der Waals surface area contributed by atoms with Gasteiger partial charge >= 0.3 is 0 Å². The number of ether oxygens (including phenoxy) is 1. The molecule has 0 bridgehead atoms. The topological polar surface area (TPSA) is 24.5 Å². The molecule has 1 fully saturated rings. The van der Waals surface area contributed by atoms with Crippen LogP contribution >= 0.6 is 0 Å². The molecule has 0 aliphatic carbocycles. The monoisotopic (exact) mass is 234 g/mol. The Morgan fingerprint density at radius 3 is 2.94 bits per heavy atom. The van der Waals surface area contributed by atoms with Crippen molar-refractivity contribution in [2.45, 2.75) is 19.9 Å².